The first-order valence-corrected chi connectivity index (χ1v) is 50.4. The predicted molar refractivity (Wildman–Crippen MR) is 472 cm³/mol. The van der Waals surface area contributed by atoms with E-state index in [1.807, 2.05) is 13.0 Å². The van der Waals surface area contributed by atoms with Gasteiger partial charge in [-0.05, 0) is 448 Å². The van der Waals surface area contributed by atoms with Crippen LogP contribution < -0.4 is 0 Å². The van der Waals surface area contributed by atoms with Gasteiger partial charge in [-0.15, -0.1) is 0 Å². The SMILES string of the molecule is CSF.C[C@H](C(O)C(F)(F)F)[C@H]1CC[C@H]2[C@@H]3CC[C@@H]4CC(C)(C)CC[C@]4(C)[C@H]3CC[C@]12C.C[C@H](C(O)C(F)(F)F)[C@H]1CC[C@H]2[C@@H]3CC[C@@H]4C[C@@](C)(O)CC[C@]4(C)[C@H]3CC[C@]12C.C[C@H](C=O)[C@H]1CC[C@H]2[C@@H]3CC[C@@H]4C[C@@](C)(O)CC[C@]4(C)[C@H]3CC[C@]12C.C[C@H](CO)[C@H]1CC[C@H]2[C@@H]3CC[C@@H]4C[C@@](C)(O)CC[C@]4(C)[C@H]3CC[C@]12C.O=C(Cl)c1ccccc1. The molecular weight excluding hydrogens is 1570 g/mol. The van der Waals surface area contributed by atoms with Crippen LogP contribution in [0.3, 0.4) is 0 Å². The zero-order chi connectivity index (χ0) is 88.3. The molecule has 0 radical (unpaired) electrons. The number of fused-ring (bicyclic) bond motifs is 20. The van der Waals surface area contributed by atoms with Crippen molar-refractivity contribution in [1.29, 1.82) is 0 Å². The summed E-state index contributed by atoms with van der Waals surface area (Å²) in [6.45, 7) is 38.7. The largest absolute Gasteiger partial charge is 0.414 e. The zero-order valence-corrected chi connectivity index (χ0v) is 79.1. The number of aliphatic hydroxyl groups excluding tert-OH is 3. The highest BCUT2D eigenvalue weighted by molar-refractivity contribution is 7.93. The quantitative estimate of drug-likeness (QED) is 0.0805. The summed E-state index contributed by atoms with van der Waals surface area (Å²) in [5.41, 5.74) is 1.94. The summed E-state index contributed by atoms with van der Waals surface area (Å²) in [5.74, 6) is 12.2. The summed E-state index contributed by atoms with van der Waals surface area (Å²) in [6.07, 6.45) is 31.5. The smallest absolute Gasteiger partial charge is 0.396 e. The third kappa shape index (κ3) is 18.4. The van der Waals surface area contributed by atoms with Gasteiger partial charge in [0, 0.05) is 36.5 Å². The Hall–Kier alpha value is -1.53. The molecule has 0 spiro atoms. The van der Waals surface area contributed by atoms with Gasteiger partial charge in [0.25, 0.3) is 5.24 Å². The minimum absolute atomic E-state index is 0.0131. The van der Waals surface area contributed by atoms with Crippen molar-refractivity contribution >= 4 is 35.3 Å². The maximum atomic E-state index is 13.2. The van der Waals surface area contributed by atoms with Crippen LogP contribution in [0.5, 0.6) is 0 Å². The normalized spacial score (nSPS) is 48.8. The average Bonchev–Trinajstić information content (AvgIpc) is 1.40. The molecule has 0 bridgehead atoms. The van der Waals surface area contributed by atoms with Crippen molar-refractivity contribution in [3.63, 3.8) is 0 Å². The Morgan fingerprint density at radius 3 is 0.975 bits per heavy atom. The van der Waals surface area contributed by atoms with Gasteiger partial charge < -0.3 is 35.4 Å². The number of hydrogen-bond acceptors (Lipinski definition) is 9. The van der Waals surface area contributed by atoms with E-state index in [1.165, 1.54) is 141 Å². The number of alkyl halides is 6. The van der Waals surface area contributed by atoms with Gasteiger partial charge >= 0.3 is 12.4 Å². The molecule has 17 heteroatoms. The molecule has 1 aromatic carbocycles. The lowest BCUT2D eigenvalue weighted by Gasteiger charge is -2.62. The standard InChI is InChI=1S/C25H41F3O.C24H39F3O2.C23H40O2.C23H38O2.C7H5ClO.CH3FS/c1-15(21(29)25(26,27)28)18-8-9-19-17-7-6-16-14-22(2,3)12-13-23(16,4)20(17)10-11-24(18,19)5;1-14(20(28)24(25,26)27)17-7-8-18-16-6-5-15-13-21(2,29)11-12-22(15,3)19(16)9-10-23(17,18)4;2*1-15(14-24)18-7-8-19-17-6-5-16-13-21(2,25)11-12-22(16,3)20(17)9-10-23(18,19)4;8-7(9)6-4-2-1-3-5-6;1-3-2/h15-21,29H,6-14H2,1-5H3;14-20,28-29H,5-13H2,1-4H3;15-20,24-25H,5-14H2,1-4H3;14-20,25H,5-13H2,1-4H3;1-5H;1H3/t15-,16+,17-,18+,19-,20-,21?,23-,24+;14-,15+,16-,17+,18-,19-,20?,21-,22-,23+;2*15-,16-,17+,18-,19+,20+,21+,22+,23-;;/m0011../s1. The van der Waals surface area contributed by atoms with E-state index < -0.39 is 58.4 Å². The van der Waals surface area contributed by atoms with Gasteiger partial charge in [-0.1, -0.05) is 127 Å². The molecular formula is C103H166ClF7O8S. The Morgan fingerprint density at radius 2 is 0.683 bits per heavy atom. The van der Waals surface area contributed by atoms with Crippen LogP contribution >= 0.6 is 23.7 Å². The first kappa shape index (κ1) is 97.5. The van der Waals surface area contributed by atoms with E-state index in [1.54, 1.807) is 38.1 Å². The van der Waals surface area contributed by atoms with Crippen LogP contribution in [-0.2, 0) is 4.79 Å². The molecule has 0 aliphatic heterocycles. The second-order valence-electron chi connectivity index (χ2n) is 48.7. The van der Waals surface area contributed by atoms with E-state index in [0.717, 1.165) is 162 Å². The second kappa shape index (κ2) is 36.0. The lowest BCUT2D eigenvalue weighted by molar-refractivity contribution is -0.228. The van der Waals surface area contributed by atoms with E-state index in [9.17, 15) is 70.5 Å². The predicted octanol–water partition coefficient (Wildman–Crippen LogP) is 26.7. The fourth-order valence-corrected chi connectivity index (χ4v) is 35.6. The molecule has 0 aromatic heterocycles. The summed E-state index contributed by atoms with van der Waals surface area (Å²) in [7, 11) is 0. The molecule has 16 aliphatic rings. The van der Waals surface area contributed by atoms with Crippen molar-refractivity contribution in [3.8, 4) is 0 Å². The van der Waals surface area contributed by atoms with E-state index in [0.29, 0.717) is 97.9 Å². The Kier molecular flexibility index (Phi) is 29.2. The summed E-state index contributed by atoms with van der Waals surface area (Å²) in [5, 5.41) is 61.1. The van der Waals surface area contributed by atoms with Crippen molar-refractivity contribution in [2.45, 2.75) is 390 Å². The number of rotatable bonds is 9. The molecule has 37 atom stereocenters. The molecule has 16 saturated carbocycles. The molecule has 120 heavy (non-hydrogen) atoms. The lowest BCUT2D eigenvalue weighted by Crippen LogP contribution is -2.56. The molecule has 2 unspecified atom stereocenters. The van der Waals surface area contributed by atoms with Gasteiger partial charge in [0.05, 0.1) is 16.8 Å². The third-order valence-electron chi connectivity index (χ3n) is 42.1. The van der Waals surface area contributed by atoms with E-state index >= 15 is 0 Å². The van der Waals surface area contributed by atoms with Gasteiger partial charge in [0.15, 0.2) is 12.2 Å². The maximum Gasteiger partial charge on any atom is 0.414 e. The van der Waals surface area contributed by atoms with Crippen LogP contribution in [0.25, 0.3) is 0 Å². The first-order chi connectivity index (χ1) is 55.7. The number of carbonyl (C=O) groups is 2. The number of benzene rings is 1. The molecule has 6 N–H and O–H groups in total. The van der Waals surface area contributed by atoms with Gasteiger partial charge in [-0.3, -0.25) is 4.79 Å². The number of hydrogen-bond donors (Lipinski definition) is 6. The third-order valence-corrected chi connectivity index (χ3v) is 42.3. The fraction of sp³-hybridized carbons (Fsp3) is 0.922. The Bertz CT molecular complexity index is 3490. The molecule has 16 aliphatic carbocycles. The van der Waals surface area contributed by atoms with E-state index in [-0.39, 0.29) is 46.1 Å². The summed E-state index contributed by atoms with van der Waals surface area (Å²) in [4.78, 5) is 21.9. The number of carbonyl (C=O) groups excluding carboxylic acids is 2. The van der Waals surface area contributed by atoms with Crippen molar-refractivity contribution in [3.05, 3.63) is 35.9 Å². The number of halogens is 8. The molecule has 1 aromatic rings. The van der Waals surface area contributed by atoms with Crippen LogP contribution in [0.4, 0.5) is 30.2 Å². The topological polar surface area (TPSA) is 156 Å². The number of aliphatic hydroxyl groups is 6. The minimum Gasteiger partial charge on any atom is -0.396 e. The van der Waals surface area contributed by atoms with Gasteiger partial charge in [0.2, 0.25) is 0 Å². The average molecular weight is 1730 g/mol. The monoisotopic (exact) mass is 1730 g/mol. The zero-order valence-electron chi connectivity index (χ0n) is 77.6. The molecule has 0 heterocycles. The van der Waals surface area contributed by atoms with Crippen molar-refractivity contribution in [2.24, 2.45) is 191 Å². The summed E-state index contributed by atoms with van der Waals surface area (Å²) >= 11 is 5.41. The van der Waals surface area contributed by atoms with Crippen LogP contribution in [0.15, 0.2) is 30.3 Å². The van der Waals surface area contributed by atoms with Gasteiger partial charge in [-0.2, -0.15) is 30.2 Å². The molecule has 0 amide bonds. The highest BCUT2D eigenvalue weighted by Crippen LogP contribution is 2.75. The summed E-state index contributed by atoms with van der Waals surface area (Å²) in [6, 6.07) is 8.74. The molecule has 16 fully saturated rings. The Morgan fingerprint density at radius 1 is 0.408 bits per heavy atom. The highest BCUT2D eigenvalue weighted by Gasteiger charge is 2.68. The lowest BCUT2D eigenvalue weighted by atomic mass is 9.43. The Balaban J connectivity index is 0.000000140. The van der Waals surface area contributed by atoms with Crippen LogP contribution in [0.1, 0.15) is 359 Å². The second-order valence-corrected chi connectivity index (χ2v) is 49.3. The van der Waals surface area contributed by atoms with Crippen molar-refractivity contribution in [1.82, 2.24) is 0 Å². The molecule has 688 valence electrons. The van der Waals surface area contributed by atoms with Gasteiger partial charge in [-0.25, -0.2) is 0 Å². The van der Waals surface area contributed by atoms with E-state index in [4.69, 9.17) is 11.6 Å². The van der Waals surface area contributed by atoms with Crippen LogP contribution in [-0.4, -0.2) is 96.4 Å². The van der Waals surface area contributed by atoms with Crippen molar-refractivity contribution in [2.75, 3.05) is 12.9 Å². The first-order valence-electron chi connectivity index (χ1n) is 48.9. The number of aldehydes is 1. The maximum absolute atomic E-state index is 13.2. The fourth-order valence-electron chi connectivity index (χ4n) is 35.4. The van der Waals surface area contributed by atoms with Crippen molar-refractivity contribution < 1.29 is 70.5 Å². The minimum atomic E-state index is -4.53. The van der Waals surface area contributed by atoms with Crippen LogP contribution in [0.2, 0.25) is 0 Å². The van der Waals surface area contributed by atoms with Crippen LogP contribution in [0, 0.1) is 191 Å². The highest BCUT2D eigenvalue weighted by atomic mass is 35.5. The van der Waals surface area contributed by atoms with E-state index in [2.05, 4.69) is 96.9 Å². The molecule has 17 rings (SSSR count). The molecule has 8 nitrogen and oxygen atoms in total. The Labute approximate surface area is 731 Å². The summed E-state index contributed by atoms with van der Waals surface area (Å²) < 4.78 is 89.5. The molecule has 0 saturated heterocycles. The van der Waals surface area contributed by atoms with Gasteiger partial charge in [0.1, 0.15) is 6.29 Å².